The summed E-state index contributed by atoms with van der Waals surface area (Å²) in [4.78, 5) is 18.8. The molecule has 0 unspecified atom stereocenters. The topological polar surface area (TPSA) is 33.2 Å². The van der Waals surface area contributed by atoms with Gasteiger partial charge in [-0.1, -0.05) is 39.0 Å². The first-order valence-electron chi connectivity index (χ1n) is 7.15. The van der Waals surface area contributed by atoms with Gasteiger partial charge in [-0.15, -0.1) is 0 Å². The zero-order valence-corrected chi connectivity index (χ0v) is 13.1. The molecule has 2 rings (SSSR count). The Morgan fingerprint density at radius 1 is 1.19 bits per heavy atom. The van der Waals surface area contributed by atoms with Crippen molar-refractivity contribution in [3.8, 4) is 0 Å². The second-order valence-electron chi connectivity index (χ2n) is 6.34. The third-order valence-corrected chi connectivity index (χ3v) is 3.26. The van der Waals surface area contributed by atoms with Crippen molar-refractivity contribution in [1.29, 1.82) is 0 Å². The first-order valence-corrected chi connectivity index (χ1v) is 7.15. The Labute approximate surface area is 126 Å². The maximum atomic E-state index is 12.8. The predicted octanol–water partition coefficient (Wildman–Crippen LogP) is 3.97. The van der Waals surface area contributed by atoms with Crippen molar-refractivity contribution in [2.24, 2.45) is 5.41 Å². The van der Waals surface area contributed by atoms with Crippen molar-refractivity contribution in [2.45, 2.75) is 34.2 Å². The van der Waals surface area contributed by atoms with Crippen LogP contribution in [0.15, 0.2) is 48.8 Å². The second kappa shape index (κ2) is 6.08. The molecule has 0 radical (unpaired) electrons. The highest BCUT2D eigenvalue weighted by Gasteiger charge is 2.28. The lowest BCUT2D eigenvalue weighted by Gasteiger charge is -2.30. The highest BCUT2D eigenvalue weighted by Crippen LogP contribution is 2.25. The van der Waals surface area contributed by atoms with Gasteiger partial charge in [0.1, 0.15) is 0 Å². The van der Waals surface area contributed by atoms with E-state index in [9.17, 15) is 4.79 Å². The number of aromatic nitrogens is 1. The lowest BCUT2D eigenvalue weighted by molar-refractivity contribution is -0.125. The molecule has 2 aromatic rings. The van der Waals surface area contributed by atoms with Crippen molar-refractivity contribution in [3.63, 3.8) is 0 Å². The van der Waals surface area contributed by atoms with E-state index in [1.54, 1.807) is 12.4 Å². The summed E-state index contributed by atoms with van der Waals surface area (Å²) in [7, 11) is 0. The lowest BCUT2D eigenvalue weighted by atomic mass is 9.94. The van der Waals surface area contributed by atoms with Crippen LogP contribution in [-0.2, 0) is 11.3 Å². The summed E-state index contributed by atoms with van der Waals surface area (Å²) in [6.45, 7) is 8.41. The number of pyridine rings is 1. The fourth-order valence-electron chi connectivity index (χ4n) is 2.16. The molecule has 0 fully saturated rings. The molecule has 1 heterocycles. The van der Waals surface area contributed by atoms with Crippen LogP contribution in [0.25, 0.3) is 0 Å². The van der Waals surface area contributed by atoms with Crippen LogP contribution in [-0.4, -0.2) is 10.9 Å². The van der Waals surface area contributed by atoms with Crippen LogP contribution in [0.4, 0.5) is 5.69 Å². The normalized spacial score (nSPS) is 11.2. The van der Waals surface area contributed by atoms with Crippen LogP contribution in [0.1, 0.15) is 31.9 Å². The number of carbonyl (C=O) groups is 1. The van der Waals surface area contributed by atoms with E-state index in [0.717, 1.165) is 16.8 Å². The van der Waals surface area contributed by atoms with Gasteiger partial charge in [0.15, 0.2) is 0 Å². The fourth-order valence-corrected chi connectivity index (χ4v) is 2.16. The Balaban J connectivity index is 2.37. The van der Waals surface area contributed by atoms with Crippen LogP contribution in [0.3, 0.4) is 0 Å². The van der Waals surface area contributed by atoms with Crippen molar-refractivity contribution < 1.29 is 4.79 Å². The summed E-state index contributed by atoms with van der Waals surface area (Å²) in [5, 5.41) is 0. The molecule has 3 nitrogen and oxygen atoms in total. The van der Waals surface area contributed by atoms with E-state index >= 15 is 0 Å². The van der Waals surface area contributed by atoms with Gasteiger partial charge in [-0.05, 0) is 36.2 Å². The summed E-state index contributed by atoms with van der Waals surface area (Å²) < 4.78 is 0. The third kappa shape index (κ3) is 3.91. The van der Waals surface area contributed by atoms with Crippen LogP contribution in [0.5, 0.6) is 0 Å². The van der Waals surface area contributed by atoms with E-state index in [1.807, 2.05) is 69.0 Å². The van der Waals surface area contributed by atoms with Crippen molar-refractivity contribution in [3.05, 3.63) is 59.9 Å². The van der Waals surface area contributed by atoms with Gasteiger partial charge < -0.3 is 4.90 Å². The Bertz CT molecular complexity index is 615. The molecule has 1 aromatic heterocycles. The van der Waals surface area contributed by atoms with Crippen LogP contribution in [0, 0.1) is 12.3 Å². The number of hydrogen-bond acceptors (Lipinski definition) is 2. The molecular weight excluding hydrogens is 260 g/mol. The van der Waals surface area contributed by atoms with Gasteiger partial charge >= 0.3 is 0 Å². The van der Waals surface area contributed by atoms with Gasteiger partial charge in [-0.25, -0.2) is 0 Å². The SMILES string of the molecule is Cc1cccc(N(Cc2cccnc2)C(=O)C(C)(C)C)c1. The molecular formula is C18H22N2O. The average molecular weight is 282 g/mol. The van der Waals surface area contributed by atoms with E-state index in [0.29, 0.717) is 6.54 Å². The van der Waals surface area contributed by atoms with Crippen molar-refractivity contribution in [2.75, 3.05) is 4.90 Å². The van der Waals surface area contributed by atoms with E-state index in [-0.39, 0.29) is 5.91 Å². The first-order chi connectivity index (χ1) is 9.88. The molecule has 1 amide bonds. The predicted molar refractivity (Wildman–Crippen MR) is 86.1 cm³/mol. The second-order valence-corrected chi connectivity index (χ2v) is 6.34. The molecule has 0 aliphatic rings. The van der Waals surface area contributed by atoms with E-state index in [2.05, 4.69) is 4.98 Å². The van der Waals surface area contributed by atoms with Gasteiger partial charge in [0.25, 0.3) is 0 Å². The minimum absolute atomic E-state index is 0.108. The zero-order valence-electron chi connectivity index (χ0n) is 13.1. The molecule has 0 saturated carbocycles. The van der Waals surface area contributed by atoms with E-state index in [1.165, 1.54) is 0 Å². The monoisotopic (exact) mass is 282 g/mol. The summed E-state index contributed by atoms with van der Waals surface area (Å²) in [5.41, 5.74) is 2.67. The van der Waals surface area contributed by atoms with E-state index < -0.39 is 5.41 Å². The maximum Gasteiger partial charge on any atom is 0.232 e. The number of hydrogen-bond donors (Lipinski definition) is 0. The number of rotatable bonds is 3. The van der Waals surface area contributed by atoms with Crippen LogP contribution in [0.2, 0.25) is 0 Å². The zero-order chi connectivity index (χ0) is 15.5. The minimum atomic E-state index is -0.425. The fraction of sp³-hybridized carbons (Fsp3) is 0.333. The molecule has 0 aliphatic carbocycles. The summed E-state index contributed by atoms with van der Waals surface area (Å²) in [6, 6.07) is 11.9. The standard InChI is InChI=1S/C18H22N2O/c1-14-7-5-9-16(11-14)20(17(21)18(2,3)4)13-15-8-6-10-19-12-15/h5-12H,13H2,1-4H3. The molecule has 21 heavy (non-hydrogen) atoms. The molecule has 0 bridgehead atoms. The quantitative estimate of drug-likeness (QED) is 0.853. The Morgan fingerprint density at radius 3 is 2.52 bits per heavy atom. The van der Waals surface area contributed by atoms with Crippen molar-refractivity contribution >= 4 is 11.6 Å². The number of carbonyl (C=O) groups excluding carboxylic acids is 1. The Kier molecular flexibility index (Phi) is 4.41. The van der Waals surface area contributed by atoms with Crippen LogP contribution >= 0.6 is 0 Å². The minimum Gasteiger partial charge on any atom is -0.307 e. The molecule has 0 saturated heterocycles. The highest BCUT2D eigenvalue weighted by molar-refractivity contribution is 5.96. The summed E-state index contributed by atoms with van der Waals surface area (Å²) >= 11 is 0. The van der Waals surface area contributed by atoms with Gasteiger partial charge in [-0.2, -0.15) is 0 Å². The van der Waals surface area contributed by atoms with Gasteiger partial charge in [0, 0.05) is 23.5 Å². The van der Waals surface area contributed by atoms with Gasteiger partial charge in [0.2, 0.25) is 5.91 Å². The molecule has 0 spiro atoms. The molecule has 0 N–H and O–H groups in total. The smallest absolute Gasteiger partial charge is 0.232 e. The van der Waals surface area contributed by atoms with Gasteiger partial charge in [0.05, 0.1) is 6.54 Å². The Morgan fingerprint density at radius 2 is 1.95 bits per heavy atom. The van der Waals surface area contributed by atoms with E-state index in [4.69, 9.17) is 0 Å². The van der Waals surface area contributed by atoms with Gasteiger partial charge in [-0.3, -0.25) is 9.78 Å². The molecule has 0 atom stereocenters. The first kappa shape index (κ1) is 15.2. The maximum absolute atomic E-state index is 12.8. The third-order valence-electron chi connectivity index (χ3n) is 3.26. The molecule has 0 aliphatic heterocycles. The number of amides is 1. The highest BCUT2D eigenvalue weighted by atomic mass is 16.2. The molecule has 1 aromatic carbocycles. The largest absolute Gasteiger partial charge is 0.307 e. The molecule has 110 valence electrons. The number of aryl methyl sites for hydroxylation is 1. The van der Waals surface area contributed by atoms with Crippen LogP contribution < -0.4 is 4.90 Å². The Hall–Kier alpha value is -2.16. The summed E-state index contributed by atoms with van der Waals surface area (Å²) in [6.07, 6.45) is 3.55. The number of anilines is 1. The van der Waals surface area contributed by atoms with Crippen molar-refractivity contribution in [1.82, 2.24) is 4.98 Å². The number of nitrogens with zero attached hydrogens (tertiary/aromatic N) is 2. The average Bonchev–Trinajstić information content (AvgIpc) is 2.44. The summed E-state index contributed by atoms with van der Waals surface area (Å²) in [5.74, 6) is 0.108. The lowest BCUT2D eigenvalue weighted by Crippen LogP contribution is -2.39. The molecule has 3 heteroatoms. The number of benzene rings is 1.